The maximum Gasteiger partial charge on any atom is 0.255 e. The average molecular weight is 446 g/mol. The van der Waals surface area contributed by atoms with Gasteiger partial charge in [0.2, 0.25) is 15.9 Å². The first-order chi connectivity index (χ1) is 14.9. The molecular formula is C22H24FN3O4S. The molecule has 0 radical (unpaired) electrons. The molecule has 0 saturated carbocycles. The Morgan fingerprint density at radius 1 is 0.935 bits per heavy atom. The Labute approximate surface area is 180 Å². The number of piperidine rings is 1. The zero-order chi connectivity index (χ0) is 22.0. The fraction of sp³-hybridized carbons (Fsp3) is 0.364. The lowest BCUT2D eigenvalue weighted by Gasteiger charge is -2.26. The molecule has 2 aliphatic rings. The molecule has 2 aromatic carbocycles. The van der Waals surface area contributed by atoms with Crippen molar-refractivity contribution in [1.82, 2.24) is 4.31 Å². The molecule has 7 nitrogen and oxygen atoms in total. The van der Waals surface area contributed by atoms with E-state index in [0.29, 0.717) is 31.7 Å². The van der Waals surface area contributed by atoms with Crippen LogP contribution in [0, 0.1) is 5.82 Å². The molecule has 0 aliphatic carbocycles. The summed E-state index contributed by atoms with van der Waals surface area (Å²) in [5.41, 5.74) is 1.30. The first-order valence-corrected chi connectivity index (χ1v) is 11.8. The lowest BCUT2D eigenvalue weighted by Crippen LogP contribution is -2.36. The van der Waals surface area contributed by atoms with E-state index < -0.39 is 26.6 Å². The average Bonchev–Trinajstić information content (AvgIpc) is 3.21. The number of hydrogen-bond donors (Lipinski definition) is 1. The van der Waals surface area contributed by atoms with Gasteiger partial charge in [0.05, 0.1) is 0 Å². The molecular weight excluding hydrogens is 421 g/mol. The number of carbonyl (C=O) groups excluding carboxylic acids is 2. The summed E-state index contributed by atoms with van der Waals surface area (Å²) < 4.78 is 41.3. The second-order valence-corrected chi connectivity index (χ2v) is 9.67. The summed E-state index contributed by atoms with van der Waals surface area (Å²) in [5, 5.41) is 2.69. The number of nitrogens with one attached hydrogen (secondary N) is 1. The minimum Gasteiger partial charge on any atom is -0.322 e. The maximum atomic E-state index is 14.4. The van der Waals surface area contributed by atoms with Crippen LogP contribution in [0.25, 0.3) is 0 Å². The predicted molar refractivity (Wildman–Crippen MR) is 115 cm³/mol. The fourth-order valence-corrected chi connectivity index (χ4v) is 5.54. The number of hydrogen-bond acceptors (Lipinski definition) is 4. The first-order valence-electron chi connectivity index (χ1n) is 10.4. The van der Waals surface area contributed by atoms with Gasteiger partial charge in [-0.15, -0.1) is 0 Å². The Morgan fingerprint density at radius 3 is 2.29 bits per heavy atom. The van der Waals surface area contributed by atoms with Crippen LogP contribution in [0.5, 0.6) is 0 Å². The quantitative estimate of drug-likeness (QED) is 0.765. The van der Waals surface area contributed by atoms with Crippen molar-refractivity contribution in [2.24, 2.45) is 0 Å². The van der Waals surface area contributed by atoms with E-state index in [1.165, 1.54) is 10.4 Å². The van der Waals surface area contributed by atoms with Crippen LogP contribution >= 0.6 is 0 Å². The van der Waals surface area contributed by atoms with Crippen molar-refractivity contribution in [2.45, 2.75) is 37.0 Å². The van der Waals surface area contributed by atoms with Crippen molar-refractivity contribution in [3.8, 4) is 0 Å². The van der Waals surface area contributed by atoms with Crippen LogP contribution in [0.2, 0.25) is 0 Å². The van der Waals surface area contributed by atoms with Gasteiger partial charge in [0.25, 0.3) is 5.91 Å². The van der Waals surface area contributed by atoms with Crippen LogP contribution in [0.3, 0.4) is 0 Å². The molecule has 2 saturated heterocycles. The molecule has 2 fully saturated rings. The van der Waals surface area contributed by atoms with Crippen LogP contribution in [0.4, 0.5) is 15.8 Å². The third-order valence-electron chi connectivity index (χ3n) is 5.64. The van der Waals surface area contributed by atoms with Crippen LogP contribution in [-0.4, -0.2) is 44.2 Å². The van der Waals surface area contributed by atoms with E-state index in [-0.39, 0.29) is 11.5 Å². The number of amides is 2. The van der Waals surface area contributed by atoms with Gasteiger partial charge in [-0.2, -0.15) is 4.31 Å². The summed E-state index contributed by atoms with van der Waals surface area (Å²) in [5.74, 6) is -1.34. The van der Waals surface area contributed by atoms with Crippen molar-refractivity contribution in [2.75, 3.05) is 29.9 Å². The van der Waals surface area contributed by atoms with E-state index in [0.717, 1.165) is 43.5 Å². The van der Waals surface area contributed by atoms with E-state index in [2.05, 4.69) is 5.32 Å². The summed E-state index contributed by atoms with van der Waals surface area (Å²) in [4.78, 5) is 25.7. The van der Waals surface area contributed by atoms with Crippen molar-refractivity contribution in [3.05, 3.63) is 53.8 Å². The van der Waals surface area contributed by atoms with E-state index in [9.17, 15) is 22.4 Å². The summed E-state index contributed by atoms with van der Waals surface area (Å²) in [6.45, 7) is 1.38. The van der Waals surface area contributed by atoms with Crippen LogP contribution in [0.15, 0.2) is 47.4 Å². The molecule has 164 valence electrons. The van der Waals surface area contributed by atoms with E-state index >= 15 is 0 Å². The molecule has 0 spiro atoms. The number of anilines is 2. The van der Waals surface area contributed by atoms with Gasteiger partial charge in [-0.3, -0.25) is 9.59 Å². The summed E-state index contributed by atoms with van der Waals surface area (Å²) in [7, 11) is -4.00. The number of carbonyl (C=O) groups is 2. The molecule has 2 heterocycles. The molecule has 0 bridgehead atoms. The minimum atomic E-state index is -4.00. The fourth-order valence-electron chi connectivity index (χ4n) is 3.94. The Morgan fingerprint density at radius 2 is 1.65 bits per heavy atom. The first kappa shape index (κ1) is 21.5. The third-order valence-corrected chi connectivity index (χ3v) is 7.55. The van der Waals surface area contributed by atoms with E-state index in [4.69, 9.17) is 0 Å². The Hall–Kier alpha value is -2.78. The van der Waals surface area contributed by atoms with E-state index in [1.54, 1.807) is 29.2 Å². The number of benzene rings is 2. The summed E-state index contributed by atoms with van der Waals surface area (Å²) in [6.07, 6.45) is 3.78. The van der Waals surface area contributed by atoms with Gasteiger partial charge in [0.15, 0.2) is 0 Å². The standard InChI is InChI=1S/C22H24FN3O4S/c23-19-11-6-16(15-20(19)31(29,30)25-12-2-1-3-13-25)22(28)24-17-7-9-18(10-8-17)26-14-4-5-21(26)27/h6-11,15H,1-5,12-14H2,(H,24,28). The Kier molecular flexibility index (Phi) is 6.06. The highest BCUT2D eigenvalue weighted by atomic mass is 32.2. The van der Waals surface area contributed by atoms with Crippen molar-refractivity contribution in [1.29, 1.82) is 0 Å². The molecule has 31 heavy (non-hydrogen) atoms. The predicted octanol–water partition coefficient (Wildman–Crippen LogP) is 3.38. The monoisotopic (exact) mass is 445 g/mol. The van der Waals surface area contributed by atoms with Gasteiger partial charge < -0.3 is 10.2 Å². The highest BCUT2D eigenvalue weighted by Crippen LogP contribution is 2.26. The normalized spacial score (nSPS) is 17.7. The van der Waals surface area contributed by atoms with Gasteiger partial charge in [0.1, 0.15) is 10.7 Å². The zero-order valence-electron chi connectivity index (χ0n) is 17.0. The molecule has 2 aromatic rings. The lowest BCUT2D eigenvalue weighted by molar-refractivity contribution is -0.117. The van der Waals surface area contributed by atoms with Gasteiger partial charge in [-0.1, -0.05) is 6.42 Å². The van der Waals surface area contributed by atoms with Gasteiger partial charge in [-0.05, 0) is 61.7 Å². The maximum absolute atomic E-state index is 14.4. The number of nitrogens with zero attached hydrogens (tertiary/aromatic N) is 2. The van der Waals surface area contributed by atoms with Gasteiger partial charge in [-0.25, -0.2) is 12.8 Å². The topological polar surface area (TPSA) is 86.8 Å². The Bertz CT molecular complexity index is 1100. The largest absolute Gasteiger partial charge is 0.322 e. The zero-order valence-corrected chi connectivity index (χ0v) is 17.8. The number of rotatable bonds is 5. The molecule has 0 atom stereocenters. The number of halogens is 1. The minimum absolute atomic E-state index is 0.0516. The molecule has 1 N–H and O–H groups in total. The molecule has 0 unspecified atom stereocenters. The second-order valence-electron chi connectivity index (χ2n) is 7.76. The second kappa shape index (κ2) is 8.76. The van der Waals surface area contributed by atoms with E-state index in [1.807, 2.05) is 0 Å². The van der Waals surface area contributed by atoms with Crippen LogP contribution in [-0.2, 0) is 14.8 Å². The summed E-state index contributed by atoms with van der Waals surface area (Å²) in [6, 6.07) is 10.2. The molecule has 0 aromatic heterocycles. The SMILES string of the molecule is O=C(Nc1ccc(N2CCCC2=O)cc1)c1ccc(F)c(S(=O)(=O)N2CCCCC2)c1. The molecule has 2 amide bonds. The van der Waals surface area contributed by atoms with Crippen LogP contribution in [0.1, 0.15) is 42.5 Å². The van der Waals surface area contributed by atoms with Crippen molar-refractivity contribution >= 4 is 33.2 Å². The molecule has 2 aliphatic heterocycles. The highest BCUT2D eigenvalue weighted by Gasteiger charge is 2.29. The third kappa shape index (κ3) is 4.47. The smallest absolute Gasteiger partial charge is 0.255 e. The van der Waals surface area contributed by atoms with Gasteiger partial charge >= 0.3 is 0 Å². The lowest BCUT2D eigenvalue weighted by atomic mass is 10.2. The molecule has 4 rings (SSSR count). The number of sulfonamides is 1. The van der Waals surface area contributed by atoms with Gasteiger partial charge in [0, 0.05) is 43.0 Å². The molecule has 9 heteroatoms. The van der Waals surface area contributed by atoms with Crippen molar-refractivity contribution in [3.63, 3.8) is 0 Å². The van der Waals surface area contributed by atoms with Crippen LogP contribution < -0.4 is 10.2 Å². The van der Waals surface area contributed by atoms with Crippen molar-refractivity contribution < 1.29 is 22.4 Å². The highest BCUT2D eigenvalue weighted by molar-refractivity contribution is 7.89. The Balaban J connectivity index is 1.51. The summed E-state index contributed by atoms with van der Waals surface area (Å²) >= 11 is 0.